The summed E-state index contributed by atoms with van der Waals surface area (Å²) in [7, 11) is 0. The van der Waals surface area contributed by atoms with Crippen LogP contribution in [0.5, 0.6) is 0 Å². The van der Waals surface area contributed by atoms with E-state index in [4.69, 9.17) is 5.11 Å². The van der Waals surface area contributed by atoms with Crippen LogP contribution in [0.1, 0.15) is 0 Å². The molecule has 0 aromatic rings. The van der Waals surface area contributed by atoms with Gasteiger partial charge >= 0.3 is 51.6 Å². The molecule has 4 nitrogen and oxygen atoms in total. The van der Waals surface area contributed by atoms with Gasteiger partial charge in [-0.2, -0.15) is 0 Å². The molecule has 5 heteroatoms. The Morgan fingerprint density at radius 2 is 2.57 bits per heavy atom. The van der Waals surface area contributed by atoms with Crippen molar-refractivity contribution in [1.29, 1.82) is 0 Å². The van der Waals surface area contributed by atoms with E-state index in [1.165, 1.54) is 0 Å². The minimum absolute atomic E-state index is 0.175. The molecule has 0 radical (unpaired) electrons. The molecule has 0 aliphatic rings. The molecular weight excluding hydrogens is 134 g/mol. The predicted molar refractivity (Wildman–Crippen MR) is 17.8 cm³/mol. The van der Waals surface area contributed by atoms with Gasteiger partial charge in [-0.1, -0.05) is 0 Å². The van der Waals surface area contributed by atoms with Gasteiger partial charge < -0.3 is 0 Å². The van der Waals surface area contributed by atoms with Crippen molar-refractivity contribution in [1.82, 2.24) is 0 Å². The number of rotatable bonds is 3. The zero-order chi connectivity index (χ0) is 5.70. The molecule has 0 heterocycles. The van der Waals surface area contributed by atoms with Gasteiger partial charge in [0.25, 0.3) is 0 Å². The first-order valence-corrected chi connectivity index (χ1v) is 2.52. The Morgan fingerprint density at radius 1 is 2.00 bits per heavy atom. The summed E-state index contributed by atoms with van der Waals surface area (Å²) >= 11 is 1.54. The van der Waals surface area contributed by atoms with Gasteiger partial charge in [-0.05, 0) is 0 Å². The van der Waals surface area contributed by atoms with Gasteiger partial charge in [0.05, 0.1) is 0 Å². The monoisotopic (exact) mass is 138 g/mol. The van der Waals surface area contributed by atoms with Crippen molar-refractivity contribution >= 4 is 0 Å². The zero-order valence-corrected chi connectivity index (χ0v) is 5.06. The average Bonchev–Trinajstić information content (AvgIpc) is 1.68. The van der Waals surface area contributed by atoms with Gasteiger partial charge in [-0.25, -0.2) is 0 Å². The summed E-state index contributed by atoms with van der Waals surface area (Å²) in [5.41, 5.74) is 0. The van der Waals surface area contributed by atoms with Crippen LogP contribution >= 0.6 is 0 Å². The van der Waals surface area contributed by atoms with E-state index >= 15 is 0 Å². The number of hydrogen-bond donors (Lipinski definition) is 1. The van der Waals surface area contributed by atoms with Crippen LogP contribution in [0.3, 0.4) is 0 Å². The Hall–Kier alpha value is 0.0743. The third-order valence-electron chi connectivity index (χ3n) is 0.336. The van der Waals surface area contributed by atoms with Crippen molar-refractivity contribution in [3.8, 4) is 0 Å². The van der Waals surface area contributed by atoms with Crippen LogP contribution in [-0.4, -0.2) is 16.1 Å². The third kappa shape index (κ3) is 3.92. The standard InChI is InChI=1S/C2H4NO3.Ti/c4-1-2-6-3-5;/h2,4H,1H2;. The Kier molecular flexibility index (Phi) is 4.28. The molecule has 1 unspecified atom stereocenters. The van der Waals surface area contributed by atoms with E-state index in [2.05, 4.69) is 10.2 Å². The molecule has 1 N–H and O–H groups in total. The molecule has 0 aliphatic heterocycles. The second kappa shape index (κ2) is 4.24. The maximum atomic E-state index is 9.19. The number of aliphatic hydroxyl groups excluding tert-OH is 1. The van der Waals surface area contributed by atoms with Gasteiger partial charge in [-0.15, -0.1) is 0 Å². The summed E-state index contributed by atoms with van der Waals surface area (Å²) in [4.78, 5) is 13.2. The summed E-state index contributed by atoms with van der Waals surface area (Å²) < 4.78 is -0.475. The van der Waals surface area contributed by atoms with Gasteiger partial charge in [0, 0.05) is 0 Å². The Morgan fingerprint density at radius 3 is 2.71 bits per heavy atom. The first-order chi connectivity index (χ1) is 3.31. The Balaban J connectivity index is 2.98. The predicted octanol–water partition coefficient (Wildman–Crippen LogP) is -0.450. The molecular formula is C2H4NO3Ti. The van der Waals surface area contributed by atoms with Crippen molar-refractivity contribution in [3.63, 3.8) is 0 Å². The summed E-state index contributed by atoms with van der Waals surface area (Å²) in [6.07, 6.45) is 0. The summed E-state index contributed by atoms with van der Waals surface area (Å²) in [5, 5.41) is 10.2. The molecule has 0 spiro atoms. The minimum atomic E-state index is -0.475. The molecule has 0 fully saturated rings. The SMILES string of the molecule is O=NO[CH]([Ti])CO. The second-order valence-corrected chi connectivity index (χ2v) is 1.86. The molecule has 0 bridgehead atoms. The molecule has 0 aromatic heterocycles. The van der Waals surface area contributed by atoms with Crippen molar-refractivity contribution in [2.24, 2.45) is 5.34 Å². The topological polar surface area (TPSA) is 58.9 Å². The fourth-order valence-corrected chi connectivity index (χ4v) is 0.152. The van der Waals surface area contributed by atoms with E-state index in [9.17, 15) is 4.91 Å². The van der Waals surface area contributed by atoms with Gasteiger partial charge in [0.2, 0.25) is 0 Å². The van der Waals surface area contributed by atoms with Crippen LogP contribution in [0.4, 0.5) is 0 Å². The Bertz CT molecular complexity index is 58.9. The molecule has 39 valence electrons. The molecule has 0 saturated carbocycles. The second-order valence-electron chi connectivity index (χ2n) is 0.851. The van der Waals surface area contributed by atoms with Crippen LogP contribution in [0.2, 0.25) is 0 Å². The summed E-state index contributed by atoms with van der Waals surface area (Å²) in [6, 6.07) is 0. The molecule has 0 rings (SSSR count). The average molecular weight is 138 g/mol. The van der Waals surface area contributed by atoms with Crippen molar-refractivity contribution < 1.29 is 30.4 Å². The van der Waals surface area contributed by atoms with Crippen LogP contribution in [0.25, 0.3) is 0 Å². The molecule has 0 saturated heterocycles. The van der Waals surface area contributed by atoms with E-state index in [0.717, 1.165) is 0 Å². The first-order valence-electron chi connectivity index (χ1n) is 1.61. The van der Waals surface area contributed by atoms with Crippen molar-refractivity contribution in [3.05, 3.63) is 4.91 Å². The van der Waals surface area contributed by atoms with Gasteiger partial charge in [0.1, 0.15) is 0 Å². The number of nitrogens with zero attached hydrogens (tertiary/aromatic N) is 1. The molecule has 7 heavy (non-hydrogen) atoms. The summed E-state index contributed by atoms with van der Waals surface area (Å²) in [6.45, 7) is -0.175. The zero-order valence-electron chi connectivity index (χ0n) is 3.50. The number of hydrogen-bond acceptors (Lipinski definition) is 4. The Labute approximate surface area is 52.2 Å². The van der Waals surface area contributed by atoms with Crippen LogP contribution in [0, 0.1) is 4.91 Å². The van der Waals surface area contributed by atoms with E-state index in [1.807, 2.05) is 0 Å². The third-order valence-corrected chi connectivity index (χ3v) is 0.786. The first kappa shape index (κ1) is 7.07. The van der Waals surface area contributed by atoms with Crippen LogP contribution in [0.15, 0.2) is 5.34 Å². The van der Waals surface area contributed by atoms with Gasteiger partial charge in [0.15, 0.2) is 0 Å². The van der Waals surface area contributed by atoms with E-state index < -0.39 is 4.41 Å². The summed E-state index contributed by atoms with van der Waals surface area (Å²) in [5.74, 6) is 0. The number of aliphatic hydroxyl groups is 1. The fraction of sp³-hybridized carbons (Fsp3) is 1.00. The molecule has 1 atom stereocenters. The molecule has 0 amide bonds. The molecule has 0 aromatic carbocycles. The van der Waals surface area contributed by atoms with Gasteiger partial charge in [-0.3, -0.25) is 0 Å². The van der Waals surface area contributed by atoms with E-state index in [0.29, 0.717) is 0 Å². The van der Waals surface area contributed by atoms with E-state index in [1.54, 1.807) is 20.4 Å². The molecule has 0 aliphatic carbocycles. The van der Waals surface area contributed by atoms with Crippen LogP contribution < -0.4 is 0 Å². The van der Waals surface area contributed by atoms with Crippen molar-refractivity contribution in [2.45, 2.75) is 4.41 Å². The maximum absolute atomic E-state index is 9.19. The van der Waals surface area contributed by atoms with E-state index in [-0.39, 0.29) is 6.61 Å². The van der Waals surface area contributed by atoms with Crippen molar-refractivity contribution in [2.75, 3.05) is 6.61 Å². The fourth-order valence-electron chi connectivity index (χ4n) is 0.0853. The quantitative estimate of drug-likeness (QED) is 0.326. The normalized spacial score (nSPS) is 12.6. The van der Waals surface area contributed by atoms with Crippen LogP contribution in [-0.2, 0) is 25.3 Å².